The Morgan fingerprint density at radius 3 is 2.89 bits per heavy atom. The highest BCUT2D eigenvalue weighted by atomic mass is 35.5. The van der Waals surface area contributed by atoms with Gasteiger partial charge in [0.25, 0.3) is 0 Å². The lowest BCUT2D eigenvalue weighted by molar-refractivity contribution is -0.145. The number of carboxylic acids is 1. The number of carboxylic acid groups (broad SMARTS) is 1. The van der Waals surface area contributed by atoms with Gasteiger partial charge in [-0.25, -0.2) is 4.98 Å². The first-order chi connectivity index (χ1) is 13.6. The van der Waals surface area contributed by atoms with Crippen LogP contribution in [0.5, 0.6) is 5.75 Å². The van der Waals surface area contributed by atoms with Gasteiger partial charge in [-0.05, 0) is 43.2 Å². The molecular weight excluding hydrogens is 396 g/mol. The molecule has 5 nitrogen and oxygen atoms in total. The van der Waals surface area contributed by atoms with Crippen molar-refractivity contribution in [2.45, 2.75) is 31.3 Å². The van der Waals surface area contributed by atoms with Crippen molar-refractivity contribution in [2.24, 2.45) is 0 Å². The molecule has 1 aliphatic heterocycles. The van der Waals surface area contributed by atoms with E-state index in [9.17, 15) is 9.90 Å². The average molecular weight is 417 g/mol. The van der Waals surface area contributed by atoms with Crippen LogP contribution in [0, 0.1) is 0 Å². The molecule has 7 heteroatoms. The quantitative estimate of drug-likeness (QED) is 0.635. The van der Waals surface area contributed by atoms with Crippen molar-refractivity contribution in [1.29, 1.82) is 0 Å². The van der Waals surface area contributed by atoms with E-state index >= 15 is 0 Å². The summed E-state index contributed by atoms with van der Waals surface area (Å²) in [6, 6.07) is 12.6. The van der Waals surface area contributed by atoms with Crippen molar-refractivity contribution in [3.05, 3.63) is 58.1 Å². The summed E-state index contributed by atoms with van der Waals surface area (Å²) in [4.78, 5) is 18.9. The highest BCUT2D eigenvalue weighted by molar-refractivity contribution is 7.18. The predicted octanol–water partition coefficient (Wildman–Crippen LogP) is 4.99. The number of likely N-dealkylation sites (tertiary alicyclic amines) is 1. The molecule has 2 unspecified atom stereocenters. The highest BCUT2D eigenvalue weighted by Gasteiger charge is 2.38. The first kappa shape index (κ1) is 19.2. The van der Waals surface area contributed by atoms with Gasteiger partial charge in [0.1, 0.15) is 16.8 Å². The molecule has 1 aliphatic rings. The van der Waals surface area contributed by atoms with Gasteiger partial charge in [-0.2, -0.15) is 0 Å². The van der Waals surface area contributed by atoms with Crippen molar-refractivity contribution in [3.8, 4) is 5.75 Å². The second-order valence-corrected chi connectivity index (χ2v) is 8.39. The van der Waals surface area contributed by atoms with Gasteiger partial charge in [0.15, 0.2) is 0 Å². The number of methoxy groups -OCH3 is 1. The largest absolute Gasteiger partial charge is 0.496 e. The van der Waals surface area contributed by atoms with Crippen LogP contribution in [-0.4, -0.2) is 40.7 Å². The Balaban J connectivity index is 1.90. The fourth-order valence-electron chi connectivity index (χ4n) is 3.91. The maximum absolute atomic E-state index is 12.0. The number of aromatic nitrogens is 1. The van der Waals surface area contributed by atoms with Crippen molar-refractivity contribution >= 4 is 39.1 Å². The molecule has 3 aromatic rings. The third-order valence-electron chi connectivity index (χ3n) is 5.19. The lowest BCUT2D eigenvalue weighted by atomic mass is 9.96. The maximum atomic E-state index is 12.0. The standard InChI is InChI=1S/C21H21ClN2O3S/c1-27-17-10-9-13(22)12-14(17)19(24-11-5-4-7-16(24)21(25)26)20-23-15-6-2-3-8-18(15)28-20/h2-3,6,8-10,12,16,19H,4-5,7,11H2,1H3,(H,25,26). The summed E-state index contributed by atoms with van der Waals surface area (Å²) in [6.07, 6.45) is 2.49. The first-order valence-electron chi connectivity index (χ1n) is 9.26. The smallest absolute Gasteiger partial charge is 0.320 e. The minimum Gasteiger partial charge on any atom is -0.496 e. The van der Waals surface area contributed by atoms with Gasteiger partial charge in [0.05, 0.1) is 23.4 Å². The number of halogens is 1. The molecule has 0 saturated carbocycles. The van der Waals surface area contributed by atoms with E-state index in [2.05, 4.69) is 0 Å². The van der Waals surface area contributed by atoms with E-state index in [0.717, 1.165) is 33.6 Å². The number of hydrogen-bond acceptors (Lipinski definition) is 5. The third kappa shape index (κ3) is 3.60. The summed E-state index contributed by atoms with van der Waals surface area (Å²) in [7, 11) is 1.62. The van der Waals surface area contributed by atoms with Gasteiger partial charge in [-0.15, -0.1) is 11.3 Å². The number of para-hydroxylation sites is 1. The van der Waals surface area contributed by atoms with Crippen molar-refractivity contribution in [2.75, 3.05) is 13.7 Å². The lowest BCUT2D eigenvalue weighted by Gasteiger charge is -2.38. The molecule has 1 fully saturated rings. The van der Waals surface area contributed by atoms with Crippen LogP contribution in [0.15, 0.2) is 42.5 Å². The fourth-order valence-corrected chi connectivity index (χ4v) is 5.20. The van der Waals surface area contributed by atoms with Crippen LogP contribution in [0.3, 0.4) is 0 Å². The summed E-state index contributed by atoms with van der Waals surface area (Å²) in [6.45, 7) is 0.688. The molecule has 0 radical (unpaired) electrons. The molecule has 2 atom stereocenters. The zero-order valence-electron chi connectivity index (χ0n) is 15.5. The monoisotopic (exact) mass is 416 g/mol. The minimum absolute atomic E-state index is 0.326. The van der Waals surface area contributed by atoms with Gasteiger partial charge in [-0.1, -0.05) is 30.2 Å². The van der Waals surface area contributed by atoms with Crippen LogP contribution >= 0.6 is 22.9 Å². The van der Waals surface area contributed by atoms with Gasteiger partial charge in [-0.3, -0.25) is 9.69 Å². The number of aliphatic carboxylic acids is 1. The van der Waals surface area contributed by atoms with Crippen LogP contribution in [-0.2, 0) is 4.79 Å². The van der Waals surface area contributed by atoms with Gasteiger partial charge < -0.3 is 9.84 Å². The fraction of sp³-hybridized carbons (Fsp3) is 0.333. The Labute approximate surface area is 172 Å². The minimum atomic E-state index is -0.799. The zero-order valence-corrected chi connectivity index (χ0v) is 17.0. The molecular formula is C21H21ClN2O3S. The Bertz CT molecular complexity index is 973. The summed E-state index contributed by atoms with van der Waals surface area (Å²) in [5, 5.41) is 11.3. The van der Waals surface area contributed by atoms with E-state index in [4.69, 9.17) is 21.3 Å². The van der Waals surface area contributed by atoms with E-state index in [0.29, 0.717) is 23.7 Å². The van der Waals surface area contributed by atoms with E-state index in [-0.39, 0.29) is 6.04 Å². The number of piperidine rings is 1. The van der Waals surface area contributed by atoms with Crippen molar-refractivity contribution < 1.29 is 14.6 Å². The number of fused-ring (bicyclic) bond motifs is 1. The van der Waals surface area contributed by atoms with Gasteiger partial charge >= 0.3 is 5.97 Å². The molecule has 0 bridgehead atoms. The Kier molecular flexibility index (Phi) is 5.53. The SMILES string of the molecule is COc1ccc(Cl)cc1C(c1nc2ccccc2s1)N1CCCCC1C(=O)O. The zero-order chi connectivity index (χ0) is 19.7. The Morgan fingerprint density at radius 1 is 1.32 bits per heavy atom. The molecule has 146 valence electrons. The molecule has 0 spiro atoms. The molecule has 2 aromatic carbocycles. The van der Waals surface area contributed by atoms with Gasteiger partial charge in [0, 0.05) is 17.1 Å². The number of benzene rings is 2. The summed E-state index contributed by atoms with van der Waals surface area (Å²) in [5.74, 6) is -0.116. The van der Waals surface area contributed by atoms with Crippen molar-refractivity contribution in [3.63, 3.8) is 0 Å². The molecule has 1 N–H and O–H groups in total. The van der Waals surface area contributed by atoms with E-state index in [1.807, 2.05) is 41.3 Å². The average Bonchev–Trinajstić information content (AvgIpc) is 3.12. The maximum Gasteiger partial charge on any atom is 0.320 e. The summed E-state index contributed by atoms with van der Waals surface area (Å²) < 4.78 is 6.68. The van der Waals surface area contributed by atoms with E-state index in [1.165, 1.54) is 0 Å². The lowest BCUT2D eigenvalue weighted by Crippen LogP contribution is -2.46. The third-order valence-corrected chi connectivity index (χ3v) is 6.52. The molecule has 4 rings (SSSR count). The van der Waals surface area contributed by atoms with Crippen LogP contribution in [0.25, 0.3) is 10.2 Å². The second kappa shape index (κ2) is 8.07. The number of rotatable bonds is 5. The highest BCUT2D eigenvalue weighted by Crippen LogP contribution is 2.42. The number of hydrogen-bond donors (Lipinski definition) is 1. The summed E-state index contributed by atoms with van der Waals surface area (Å²) >= 11 is 7.90. The summed E-state index contributed by atoms with van der Waals surface area (Å²) in [5.41, 5.74) is 1.76. The number of carbonyl (C=O) groups is 1. The van der Waals surface area contributed by atoms with Crippen LogP contribution in [0.4, 0.5) is 0 Å². The topological polar surface area (TPSA) is 62.7 Å². The first-order valence-corrected chi connectivity index (χ1v) is 10.5. The number of thiazole rings is 1. The van der Waals surface area contributed by atoms with E-state index in [1.54, 1.807) is 24.5 Å². The van der Waals surface area contributed by atoms with E-state index < -0.39 is 12.0 Å². The van der Waals surface area contributed by atoms with Crippen LogP contribution in [0.2, 0.25) is 5.02 Å². The number of ether oxygens (including phenoxy) is 1. The van der Waals surface area contributed by atoms with Crippen molar-refractivity contribution in [1.82, 2.24) is 9.88 Å². The Hall–Kier alpha value is -2.15. The number of nitrogens with zero attached hydrogens (tertiary/aromatic N) is 2. The molecule has 2 heterocycles. The Morgan fingerprint density at radius 2 is 2.14 bits per heavy atom. The van der Waals surface area contributed by atoms with Crippen LogP contribution in [0.1, 0.15) is 35.9 Å². The molecule has 0 amide bonds. The van der Waals surface area contributed by atoms with Crippen LogP contribution < -0.4 is 4.74 Å². The molecule has 1 saturated heterocycles. The molecule has 28 heavy (non-hydrogen) atoms. The molecule has 1 aromatic heterocycles. The second-order valence-electron chi connectivity index (χ2n) is 6.90. The normalized spacial score (nSPS) is 18.9. The van der Waals surface area contributed by atoms with Gasteiger partial charge in [0.2, 0.25) is 0 Å². The molecule has 0 aliphatic carbocycles. The predicted molar refractivity (Wildman–Crippen MR) is 111 cm³/mol.